The summed E-state index contributed by atoms with van der Waals surface area (Å²) in [5.74, 6) is 1.65. The first-order valence-corrected chi connectivity index (χ1v) is 8.43. The van der Waals surface area contributed by atoms with Crippen LogP contribution in [0.15, 0.2) is 24.3 Å². The number of amides is 1. The molecule has 2 rings (SSSR count). The summed E-state index contributed by atoms with van der Waals surface area (Å²) < 4.78 is 11.2. The smallest absolute Gasteiger partial charge is 0.220 e. The van der Waals surface area contributed by atoms with Crippen molar-refractivity contribution in [2.45, 2.75) is 57.9 Å². The predicted molar refractivity (Wildman–Crippen MR) is 87.4 cm³/mol. The van der Waals surface area contributed by atoms with Crippen LogP contribution in [-0.2, 0) is 4.79 Å². The number of hydrogen-bond donors (Lipinski definition) is 1. The molecule has 1 saturated carbocycles. The Labute approximate surface area is 133 Å². The Morgan fingerprint density at radius 2 is 1.82 bits per heavy atom. The Balaban J connectivity index is 1.65. The molecule has 4 nitrogen and oxygen atoms in total. The minimum Gasteiger partial charge on any atom is -0.490 e. The third-order valence-corrected chi connectivity index (χ3v) is 3.93. The molecular weight excluding hydrogens is 278 g/mol. The van der Waals surface area contributed by atoms with Crippen molar-refractivity contribution in [1.29, 1.82) is 0 Å². The van der Waals surface area contributed by atoms with Gasteiger partial charge in [-0.05, 0) is 38.3 Å². The van der Waals surface area contributed by atoms with Gasteiger partial charge in [-0.3, -0.25) is 4.79 Å². The van der Waals surface area contributed by atoms with Crippen LogP contribution in [-0.4, -0.2) is 25.2 Å². The van der Waals surface area contributed by atoms with Crippen LogP contribution in [0.1, 0.15) is 51.9 Å². The van der Waals surface area contributed by atoms with Crippen LogP contribution in [0.4, 0.5) is 0 Å². The van der Waals surface area contributed by atoms with Gasteiger partial charge < -0.3 is 14.8 Å². The molecular formula is C18H27NO3. The first-order chi connectivity index (χ1) is 10.8. The number of carbonyl (C=O) groups excluding carboxylic acids is 1. The number of rotatable bonds is 8. The van der Waals surface area contributed by atoms with Gasteiger partial charge in [0.1, 0.15) is 0 Å². The lowest BCUT2D eigenvalue weighted by Crippen LogP contribution is -2.36. The van der Waals surface area contributed by atoms with Crippen molar-refractivity contribution >= 4 is 5.91 Å². The maximum atomic E-state index is 11.9. The highest BCUT2D eigenvalue weighted by Crippen LogP contribution is 2.26. The molecule has 0 heterocycles. The molecule has 1 fully saturated rings. The zero-order chi connectivity index (χ0) is 15.6. The summed E-state index contributed by atoms with van der Waals surface area (Å²) in [6.45, 7) is 3.10. The molecule has 0 saturated heterocycles. The van der Waals surface area contributed by atoms with Gasteiger partial charge in [0, 0.05) is 12.5 Å². The van der Waals surface area contributed by atoms with Crippen LogP contribution in [0, 0.1) is 0 Å². The Kier molecular flexibility index (Phi) is 7.07. The van der Waals surface area contributed by atoms with Gasteiger partial charge in [0.2, 0.25) is 5.91 Å². The molecule has 122 valence electrons. The second-order valence-electron chi connectivity index (χ2n) is 5.73. The van der Waals surface area contributed by atoms with E-state index in [1.807, 2.05) is 31.2 Å². The number of nitrogens with one attached hydrogen (secondary N) is 1. The first-order valence-electron chi connectivity index (χ1n) is 8.43. The number of carbonyl (C=O) groups is 1. The predicted octanol–water partition coefficient (Wildman–Crippen LogP) is 3.69. The lowest BCUT2D eigenvalue weighted by molar-refractivity contribution is -0.122. The summed E-state index contributed by atoms with van der Waals surface area (Å²) in [6.07, 6.45) is 7.28. The van der Waals surface area contributed by atoms with Gasteiger partial charge in [0.05, 0.1) is 13.2 Å². The summed E-state index contributed by atoms with van der Waals surface area (Å²) in [5.41, 5.74) is 0. The second-order valence-corrected chi connectivity index (χ2v) is 5.73. The fourth-order valence-electron chi connectivity index (χ4n) is 2.81. The van der Waals surface area contributed by atoms with Crippen LogP contribution < -0.4 is 14.8 Å². The highest BCUT2D eigenvalue weighted by Gasteiger charge is 2.15. The van der Waals surface area contributed by atoms with Crippen LogP contribution in [0.2, 0.25) is 0 Å². The van der Waals surface area contributed by atoms with Gasteiger partial charge >= 0.3 is 0 Å². The summed E-state index contributed by atoms with van der Waals surface area (Å²) in [7, 11) is 0. The van der Waals surface area contributed by atoms with E-state index in [2.05, 4.69) is 5.32 Å². The van der Waals surface area contributed by atoms with Gasteiger partial charge in [0.15, 0.2) is 11.5 Å². The van der Waals surface area contributed by atoms with Crippen LogP contribution in [0.5, 0.6) is 11.5 Å². The van der Waals surface area contributed by atoms with Crippen LogP contribution in [0.25, 0.3) is 0 Å². The van der Waals surface area contributed by atoms with E-state index in [0.717, 1.165) is 30.8 Å². The molecule has 1 aromatic carbocycles. The topological polar surface area (TPSA) is 47.6 Å². The van der Waals surface area contributed by atoms with Crippen LogP contribution >= 0.6 is 0 Å². The van der Waals surface area contributed by atoms with Crippen molar-refractivity contribution in [3.63, 3.8) is 0 Å². The highest BCUT2D eigenvalue weighted by molar-refractivity contribution is 5.76. The Morgan fingerprint density at radius 3 is 2.50 bits per heavy atom. The van der Waals surface area contributed by atoms with Gasteiger partial charge in [-0.2, -0.15) is 0 Å². The number of para-hydroxylation sites is 2. The fraction of sp³-hybridized carbons (Fsp3) is 0.611. The molecule has 0 aliphatic heterocycles. The molecule has 0 atom stereocenters. The van der Waals surface area contributed by atoms with Crippen LogP contribution in [0.3, 0.4) is 0 Å². The van der Waals surface area contributed by atoms with Gasteiger partial charge in [-0.25, -0.2) is 0 Å². The monoisotopic (exact) mass is 305 g/mol. The molecule has 1 aliphatic rings. The van der Waals surface area contributed by atoms with Crippen molar-refractivity contribution in [3.8, 4) is 11.5 Å². The molecule has 4 heteroatoms. The van der Waals surface area contributed by atoms with E-state index in [-0.39, 0.29) is 5.91 Å². The molecule has 1 N–H and O–H groups in total. The van der Waals surface area contributed by atoms with E-state index < -0.39 is 0 Å². The van der Waals surface area contributed by atoms with Gasteiger partial charge in [-0.1, -0.05) is 31.4 Å². The van der Waals surface area contributed by atoms with Gasteiger partial charge in [0.25, 0.3) is 0 Å². The summed E-state index contributed by atoms with van der Waals surface area (Å²) in [5, 5.41) is 3.13. The lowest BCUT2D eigenvalue weighted by Gasteiger charge is -2.22. The normalized spacial score (nSPS) is 15.3. The average molecular weight is 305 g/mol. The van der Waals surface area contributed by atoms with Crippen molar-refractivity contribution in [2.75, 3.05) is 13.2 Å². The Morgan fingerprint density at radius 1 is 1.14 bits per heavy atom. The number of hydrogen-bond acceptors (Lipinski definition) is 3. The second kappa shape index (κ2) is 9.34. The molecule has 0 aromatic heterocycles. The molecule has 0 bridgehead atoms. The van der Waals surface area contributed by atoms with E-state index in [0.29, 0.717) is 25.7 Å². The maximum absolute atomic E-state index is 11.9. The Bertz CT molecular complexity index is 455. The molecule has 1 aromatic rings. The largest absolute Gasteiger partial charge is 0.490 e. The minimum atomic E-state index is 0.147. The molecule has 0 radical (unpaired) electrons. The Hall–Kier alpha value is -1.71. The quantitative estimate of drug-likeness (QED) is 0.745. The standard InChI is InChI=1S/C18H27NO3/c1-2-21-16-11-6-7-12-17(16)22-14-8-13-18(20)19-15-9-4-3-5-10-15/h6-7,11-12,15H,2-5,8-10,13-14H2,1H3,(H,19,20). The molecule has 0 spiro atoms. The summed E-state index contributed by atoms with van der Waals surface area (Å²) in [6, 6.07) is 8.03. The number of benzene rings is 1. The third-order valence-electron chi connectivity index (χ3n) is 3.93. The van der Waals surface area contributed by atoms with Gasteiger partial charge in [-0.15, -0.1) is 0 Å². The summed E-state index contributed by atoms with van der Waals surface area (Å²) >= 11 is 0. The van der Waals surface area contributed by atoms with E-state index in [9.17, 15) is 4.79 Å². The molecule has 1 amide bonds. The third kappa shape index (κ3) is 5.58. The van der Waals surface area contributed by atoms with E-state index in [1.165, 1.54) is 19.3 Å². The van der Waals surface area contributed by atoms with E-state index >= 15 is 0 Å². The van der Waals surface area contributed by atoms with Crippen molar-refractivity contribution in [3.05, 3.63) is 24.3 Å². The zero-order valence-electron chi connectivity index (χ0n) is 13.5. The van der Waals surface area contributed by atoms with Crippen molar-refractivity contribution < 1.29 is 14.3 Å². The van der Waals surface area contributed by atoms with E-state index in [4.69, 9.17) is 9.47 Å². The zero-order valence-corrected chi connectivity index (χ0v) is 13.5. The SMILES string of the molecule is CCOc1ccccc1OCCCC(=O)NC1CCCCC1. The van der Waals surface area contributed by atoms with E-state index in [1.54, 1.807) is 0 Å². The maximum Gasteiger partial charge on any atom is 0.220 e. The number of ether oxygens (including phenoxy) is 2. The van der Waals surface area contributed by atoms with Crippen molar-refractivity contribution in [2.24, 2.45) is 0 Å². The first kappa shape index (κ1) is 16.7. The lowest BCUT2D eigenvalue weighted by atomic mass is 9.95. The molecule has 1 aliphatic carbocycles. The summed E-state index contributed by atoms with van der Waals surface area (Å²) in [4.78, 5) is 11.9. The average Bonchev–Trinajstić information content (AvgIpc) is 2.54. The molecule has 22 heavy (non-hydrogen) atoms. The minimum absolute atomic E-state index is 0.147. The molecule has 0 unspecified atom stereocenters. The highest BCUT2D eigenvalue weighted by atomic mass is 16.5. The van der Waals surface area contributed by atoms with Crippen molar-refractivity contribution in [1.82, 2.24) is 5.32 Å². The fourth-order valence-corrected chi connectivity index (χ4v) is 2.81.